The van der Waals surface area contributed by atoms with Gasteiger partial charge in [-0.05, 0) is 36.9 Å². The Kier molecular flexibility index (Phi) is 5.35. The van der Waals surface area contributed by atoms with E-state index in [0.717, 1.165) is 10.6 Å². The van der Waals surface area contributed by atoms with E-state index in [1.54, 1.807) is 11.8 Å². The monoisotopic (exact) mass is 238 g/mol. The Morgan fingerprint density at radius 2 is 2.31 bits per heavy atom. The third kappa shape index (κ3) is 4.24. The summed E-state index contributed by atoms with van der Waals surface area (Å²) < 4.78 is 0. The molecule has 0 aromatic heterocycles. The fourth-order valence-corrected chi connectivity index (χ4v) is 1.77. The molecule has 0 radical (unpaired) electrons. The highest BCUT2D eigenvalue weighted by atomic mass is 32.2. The molecule has 1 unspecified atom stereocenters. The van der Waals surface area contributed by atoms with Gasteiger partial charge in [0, 0.05) is 17.0 Å². The van der Waals surface area contributed by atoms with Crippen LogP contribution in [0.25, 0.3) is 0 Å². The third-order valence-electron chi connectivity index (χ3n) is 2.29. The first kappa shape index (κ1) is 13.1. The fraction of sp³-hybridized carbons (Fsp3) is 0.417. The van der Waals surface area contributed by atoms with E-state index < -0.39 is 0 Å². The van der Waals surface area contributed by atoms with Gasteiger partial charge >= 0.3 is 0 Å². The van der Waals surface area contributed by atoms with Crippen LogP contribution in [0.15, 0.2) is 29.2 Å². The number of hydrogen-bond donors (Lipinski definition) is 2. The molecule has 3 nitrogen and oxygen atoms in total. The van der Waals surface area contributed by atoms with Crippen LogP contribution in [0.4, 0.5) is 5.69 Å². The van der Waals surface area contributed by atoms with Gasteiger partial charge in [0.05, 0.1) is 0 Å². The molecule has 16 heavy (non-hydrogen) atoms. The summed E-state index contributed by atoms with van der Waals surface area (Å²) in [6.07, 6.45) is 2.48. The van der Waals surface area contributed by atoms with Crippen molar-refractivity contribution in [2.45, 2.75) is 18.2 Å². The molecule has 88 valence electrons. The van der Waals surface area contributed by atoms with E-state index in [9.17, 15) is 4.79 Å². The summed E-state index contributed by atoms with van der Waals surface area (Å²) in [6, 6.07) is 7.82. The van der Waals surface area contributed by atoms with Gasteiger partial charge in [-0.3, -0.25) is 4.79 Å². The number of rotatable bonds is 5. The predicted octanol–water partition coefficient (Wildman–Crippen LogP) is 2.33. The molecule has 0 heterocycles. The van der Waals surface area contributed by atoms with Crippen molar-refractivity contribution in [3.8, 4) is 0 Å². The largest absolute Gasteiger partial charge is 0.330 e. The molecule has 4 heteroatoms. The molecule has 0 saturated heterocycles. The highest BCUT2D eigenvalue weighted by Gasteiger charge is 2.07. The lowest BCUT2D eigenvalue weighted by molar-refractivity contribution is -0.116. The summed E-state index contributed by atoms with van der Waals surface area (Å²) >= 11 is 1.66. The average molecular weight is 238 g/mol. The zero-order valence-corrected chi connectivity index (χ0v) is 10.5. The molecule has 1 rings (SSSR count). The van der Waals surface area contributed by atoms with Crippen molar-refractivity contribution in [2.24, 2.45) is 11.7 Å². The Morgan fingerprint density at radius 1 is 1.56 bits per heavy atom. The Hall–Kier alpha value is -1.00. The molecule has 0 fully saturated rings. The van der Waals surface area contributed by atoms with Gasteiger partial charge in [-0.15, -0.1) is 11.8 Å². The Labute approximate surface area is 101 Å². The van der Waals surface area contributed by atoms with E-state index >= 15 is 0 Å². The van der Waals surface area contributed by atoms with Crippen molar-refractivity contribution in [3.63, 3.8) is 0 Å². The normalized spacial score (nSPS) is 12.2. The standard InChI is InChI=1S/C12H18N2OS/c1-9(8-13)6-12(15)14-10-4-3-5-11(7-10)16-2/h3-5,7,9H,6,8,13H2,1-2H3,(H,14,15). The molecular formula is C12H18N2OS. The third-order valence-corrected chi connectivity index (χ3v) is 3.02. The van der Waals surface area contributed by atoms with Crippen molar-refractivity contribution in [3.05, 3.63) is 24.3 Å². The number of carbonyl (C=O) groups is 1. The molecule has 0 spiro atoms. The van der Waals surface area contributed by atoms with Crippen LogP contribution in [-0.2, 0) is 4.79 Å². The van der Waals surface area contributed by atoms with E-state index in [1.807, 2.05) is 37.4 Å². The molecule has 0 aliphatic heterocycles. The minimum atomic E-state index is 0.0243. The van der Waals surface area contributed by atoms with Crippen LogP contribution >= 0.6 is 11.8 Å². The van der Waals surface area contributed by atoms with E-state index in [4.69, 9.17) is 5.73 Å². The Bertz CT molecular complexity index is 355. The number of hydrogen-bond acceptors (Lipinski definition) is 3. The van der Waals surface area contributed by atoms with Crippen LogP contribution in [0, 0.1) is 5.92 Å². The second-order valence-electron chi connectivity index (χ2n) is 3.83. The molecule has 0 saturated carbocycles. The molecule has 1 amide bonds. The summed E-state index contributed by atoms with van der Waals surface area (Å²) in [7, 11) is 0. The van der Waals surface area contributed by atoms with Crippen LogP contribution in [-0.4, -0.2) is 18.7 Å². The number of carbonyl (C=O) groups excluding carboxylic acids is 1. The van der Waals surface area contributed by atoms with Gasteiger partial charge in [-0.1, -0.05) is 13.0 Å². The van der Waals surface area contributed by atoms with Gasteiger partial charge in [-0.25, -0.2) is 0 Å². The molecule has 0 aliphatic carbocycles. The summed E-state index contributed by atoms with van der Waals surface area (Å²) in [5, 5.41) is 2.87. The smallest absolute Gasteiger partial charge is 0.224 e. The maximum atomic E-state index is 11.6. The minimum absolute atomic E-state index is 0.0243. The topological polar surface area (TPSA) is 55.1 Å². The lowest BCUT2D eigenvalue weighted by Crippen LogP contribution is -2.20. The quantitative estimate of drug-likeness (QED) is 0.774. The van der Waals surface area contributed by atoms with E-state index in [0.29, 0.717) is 13.0 Å². The number of thioether (sulfide) groups is 1. The minimum Gasteiger partial charge on any atom is -0.330 e. The fourth-order valence-electron chi connectivity index (χ4n) is 1.31. The number of nitrogens with one attached hydrogen (secondary N) is 1. The highest BCUT2D eigenvalue weighted by Crippen LogP contribution is 2.19. The van der Waals surface area contributed by atoms with Gasteiger partial charge in [-0.2, -0.15) is 0 Å². The van der Waals surface area contributed by atoms with Crippen molar-refractivity contribution in [1.82, 2.24) is 0 Å². The van der Waals surface area contributed by atoms with Gasteiger partial charge in [0.1, 0.15) is 0 Å². The molecule has 0 aliphatic rings. The maximum Gasteiger partial charge on any atom is 0.224 e. The average Bonchev–Trinajstić information content (AvgIpc) is 2.28. The maximum absolute atomic E-state index is 11.6. The zero-order chi connectivity index (χ0) is 12.0. The Balaban J connectivity index is 2.55. The lowest BCUT2D eigenvalue weighted by Gasteiger charge is -2.09. The first-order chi connectivity index (χ1) is 7.65. The van der Waals surface area contributed by atoms with Gasteiger partial charge in [0.15, 0.2) is 0 Å². The number of nitrogens with two attached hydrogens (primary N) is 1. The van der Waals surface area contributed by atoms with E-state index in [1.165, 1.54) is 0 Å². The predicted molar refractivity (Wildman–Crippen MR) is 69.7 cm³/mol. The molecule has 1 aromatic carbocycles. The summed E-state index contributed by atoms with van der Waals surface area (Å²) in [6.45, 7) is 2.51. The second-order valence-corrected chi connectivity index (χ2v) is 4.70. The summed E-state index contributed by atoms with van der Waals surface area (Å²) in [4.78, 5) is 12.8. The molecule has 3 N–H and O–H groups in total. The highest BCUT2D eigenvalue weighted by molar-refractivity contribution is 7.98. The van der Waals surface area contributed by atoms with Crippen LogP contribution < -0.4 is 11.1 Å². The lowest BCUT2D eigenvalue weighted by atomic mass is 10.1. The van der Waals surface area contributed by atoms with Crippen LogP contribution in [0.5, 0.6) is 0 Å². The van der Waals surface area contributed by atoms with Crippen LogP contribution in [0.1, 0.15) is 13.3 Å². The van der Waals surface area contributed by atoms with Gasteiger partial charge < -0.3 is 11.1 Å². The first-order valence-electron chi connectivity index (χ1n) is 5.29. The van der Waals surface area contributed by atoms with Crippen molar-refractivity contribution in [2.75, 3.05) is 18.1 Å². The molecule has 1 aromatic rings. The van der Waals surface area contributed by atoms with Crippen molar-refractivity contribution in [1.29, 1.82) is 0 Å². The van der Waals surface area contributed by atoms with Gasteiger partial charge in [0.25, 0.3) is 0 Å². The van der Waals surface area contributed by atoms with E-state index in [-0.39, 0.29) is 11.8 Å². The molecule has 1 atom stereocenters. The van der Waals surface area contributed by atoms with E-state index in [2.05, 4.69) is 5.32 Å². The number of benzene rings is 1. The van der Waals surface area contributed by atoms with Gasteiger partial charge in [0.2, 0.25) is 5.91 Å². The van der Waals surface area contributed by atoms with Crippen LogP contribution in [0.3, 0.4) is 0 Å². The summed E-state index contributed by atoms with van der Waals surface area (Å²) in [5.74, 6) is 0.250. The zero-order valence-electron chi connectivity index (χ0n) is 9.69. The number of amides is 1. The number of anilines is 1. The first-order valence-corrected chi connectivity index (χ1v) is 6.52. The second kappa shape index (κ2) is 6.55. The Morgan fingerprint density at radius 3 is 2.94 bits per heavy atom. The van der Waals surface area contributed by atoms with Crippen molar-refractivity contribution < 1.29 is 4.79 Å². The SMILES string of the molecule is CSc1cccc(NC(=O)CC(C)CN)c1. The molecular weight excluding hydrogens is 220 g/mol. The van der Waals surface area contributed by atoms with Crippen LogP contribution in [0.2, 0.25) is 0 Å². The van der Waals surface area contributed by atoms with Crippen molar-refractivity contribution >= 4 is 23.4 Å². The molecule has 0 bridgehead atoms. The summed E-state index contributed by atoms with van der Waals surface area (Å²) in [5.41, 5.74) is 6.32.